The standard InChI is InChI=1S/C16H23F3N6/c1-9(2)24-6-5-12(8-24)7-20-13-10(3)11(4)14-21-22-15(16(17,18)19)25(14)23-13/h9,12H,5-8H2,1-4H3,(H,20,23). The lowest BCUT2D eigenvalue weighted by molar-refractivity contribution is -0.146. The summed E-state index contributed by atoms with van der Waals surface area (Å²) in [4.78, 5) is 2.41. The Morgan fingerprint density at radius 3 is 2.52 bits per heavy atom. The Morgan fingerprint density at radius 2 is 1.92 bits per heavy atom. The molecule has 0 amide bonds. The average molecular weight is 356 g/mol. The van der Waals surface area contributed by atoms with Crippen molar-refractivity contribution in [1.29, 1.82) is 0 Å². The van der Waals surface area contributed by atoms with Gasteiger partial charge in [0.05, 0.1) is 0 Å². The number of likely N-dealkylation sites (tertiary alicyclic amines) is 1. The zero-order chi connectivity index (χ0) is 18.4. The molecule has 1 atom stereocenters. The van der Waals surface area contributed by atoms with Gasteiger partial charge in [-0.25, -0.2) is 0 Å². The second kappa shape index (κ2) is 6.44. The molecule has 0 spiro atoms. The van der Waals surface area contributed by atoms with Gasteiger partial charge in [-0.05, 0) is 52.1 Å². The van der Waals surface area contributed by atoms with E-state index in [1.54, 1.807) is 6.92 Å². The summed E-state index contributed by atoms with van der Waals surface area (Å²) in [5, 5.41) is 14.3. The van der Waals surface area contributed by atoms with Crippen LogP contribution in [0.4, 0.5) is 19.0 Å². The van der Waals surface area contributed by atoms with Crippen molar-refractivity contribution in [2.75, 3.05) is 25.0 Å². The Balaban J connectivity index is 1.83. The zero-order valence-corrected chi connectivity index (χ0v) is 14.9. The predicted molar refractivity (Wildman–Crippen MR) is 88.6 cm³/mol. The molecule has 1 aliphatic rings. The molecule has 1 aliphatic heterocycles. The summed E-state index contributed by atoms with van der Waals surface area (Å²) in [6.45, 7) is 10.6. The van der Waals surface area contributed by atoms with Crippen molar-refractivity contribution in [3.63, 3.8) is 0 Å². The minimum atomic E-state index is -4.59. The van der Waals surface area contributed by atoms with Crippen molar-refractivity contribution in [1.82, 2.24) is 24.7 Å². The lowest BCUT2D eigenvalue weighted by Crippen LogP contribution is -2.29. The molecular formula is C16H23F3N6. The Hall–Kier alpha value is -1.90. The molecule has 138 valence electrons. The van der Waals surface area contributed by atoms with E-state index in [1.165, 1.54) is 0 Å². The number of hydrogen-bond acceptors (Lipinski definition) is 5. The Labute approximate surface area is 144 Å². The Kier molecular flexibility index (Phi) is 4.61. The largest absolute Gasteiger partial charge is 0.453 e. The lowest BCUT2D eigenvalue weighted by atomic mass is 10.1. The number of hydrogen-bond donors (Lipinski definition) is 1. The topological polar surface area (TPSA) is 58.4 Å². The third kappa shape index (κ3) is 3.42. The van der Waals surface area contributed by atoms with Crippen molar-refractivity contribution in [3.8, 4) is 0 Å². The maximum Gasteiger partial charge on any atom is 0.453 e. The smallest absolute Gasteiger partial charge is 0.368 e. The number of nitrogens with zero attached hydrogens (tertiary/aromatic N) is 5. The molecule has 1 saturated heterocycles. The first-order valence-corrected chi connectivity index (χ1v) is 8.46. The second-order valence-corrected chi connectivity index (χ2v) is 6.98. The molecular weight excluding hydrogens is 333 g/mol. The maximum absolute atomic E-state index is 13.1. The average Bonchev–Trinajstić information content (AvgIpc) is 3.15. The first kappa shape index (κ1) is 17.9. The van der Waals surface area contributed by atoms with Gasteiger partial charge < -0.3 is 10.2 Å². The third-order valence-electron chi connectivity index (χ3n) is 4.95. The highest BCUT2D eigenvalue weighted by Gasteiger charge is 2.38. The van der Waals surface area contributed by atoms with Crippen molar-refractivity contribution in [2.24, 2.45) is 5.92 Å². The molecule has 0 radical (unpaired) electrons. The van der Waals surface area contributed by atoms with Crippen LogP contribution in [-0.2, 0) is 6.18 Å². The number of anilines is 1. The van der Waals surface area contributed by atoms with E-state index in [0.717, 1.165) is 29.6 Å². The predicted octanol–water partition coefficient (Wildman–Crippen LogP) is 2.90. The van der Waals surface area contributed by atoms with Crippen LogP contribution in [0, 0.1) is 19.8 Å². The highest BCUT2D eigenvalue weighted by molar-refractivity contribution is 5.58. The molecule has 0 bridgehead atoms. The number of rotatable bonds is 4. The summed E-state index contributed by atoms with van der Waals surface area (Å²) in [6.07, 6.45) is -3.51. The molecule has 0 aliphatic carbocycles. The highest BCUT2D eigenvalue weighted by atomic mass is 19.4. The normalized spacial score (nSPS) is 19.3. The fraction of sp³-hybridized carbons (Fsp3) is 0.688. The van der Waals surface area contributed by atoms with E-state index in [4.69, 9.17) is 0 Å². The lowest BCUT2D eigenvalue weighted by Gasteiger charge is -2.20. The molecule has 1 unspecified atom stereocenters. The van der Waals surface area contributed by atoms with E-state index < -0.39 is 12.0 Å². The zero-order valence-electron chi connectivity index (χ0n) is 14.9. The van der Waals surface area contributed by atoms with Gasteiger partial charge >= 0.3 is 6.18 Å². The number of halogens is 3. The molecule has 1 N–H and O–H groups in total. The van der Waals surface area contributed by atoms with Crippen LogP contribution in [0.1, 0.15) is 37.2 Å². The molecule has 2 aromatic heterocycles. The minimum Gasteiger partial charge on any atom is -0.368 e. The van der Waals surface area contributed by atoms with Crippen molar-refractivity contribution in [2.45, 2.75) is 46.3 Å². The fourth-order valence-electron chi connectivity index (χ4n) is 3.21. The number of nitrogens with one attached hydrogen (secondary N) is 1. The van der Waals surface area contributed by atoms with Gasteiger partial charge in [-0.15, -0.1) is 15.3 Å². The monoisotopic (exact) mass is 356 g/mol. The second-order valence-electron chi connectivity index (χ2n) is 6.98. The Bertz CT molecular complexity index is 767. The number of alkyl halides is 3. The van der Waals surface area contributed by atoms with E-state index >= 15 is 0 Å². The molecule has 0 aromatic carbocycles. The van der Waals surface area contributed by atoms with Gasteiger partial charge in [-0.3, -0.25) is 0 Å². The number of aryl methyl sites for hydroxylation is 1. The molecule has 1 fully saturated rings. The summed E-state index contributed by atoms with van der Waals surface area (Å²) in [5.74, 6) is -0.179. The highest BCUT2D eigenvalue weighted by Crippen LogP contribution is 2.30. The van der Waals surface area contributed by atoms with Crippen LogP contribution < -0.4 is 5.32 Å². The minimum absolute atomic E-state index is 0.141. The van der Waals surface area contributed by atoms with E-state index in [-0.39, 0.29) is 5.65 Å². The molecule has 25 heavy (non-hydrogen) atoms. The van der Waals surface area contributed by atoms with Crippen molar-refractivity contribution in [3.05, 3.63) is 17.0 Å². The fourth-order valence-corrected chi connectivity index (χ4v) is 3.21. The van der Waals surface area contributed by atoms with E-state index in [9.17, 15) is 13.2 Å². The SMILES string of the molecule is Cc1c(NCC2CCN(C(C)C)C2)nn2c(C(F)(F)F)nnc2c1C. The summed E-state index contributed by atoms with van der Waals surface area (Å²) < 4.78 is 40.0. The Morgan fingerprint density at radius 1 is 1.20 bits per heavy atom. The van der Waals surface area contributed by atoms with Crippen LogP contribution in [0.2, 0.25) is 0 Å². The van der Waals surface area contributed by atoms with Crippen LogP contribution in [0.5, 0.6) is 0 Å². The van der Waals surface area contributed by atoms with Crippen molar-refractivity contribution >= 4 is 11.5 Å². The van der Waals surface area contributed by atoms with E-state index in [1.807, 2.05) is 6.92 Å². The molecule has 0 saturated carbocycles. The number of aromatic nitrogens is 4. The van der Waals surface area contributed by atoms with Crippen LogP contribution in [0.25, 0.3) is 5.65 Å². The summed E-state index contributed by atoms with van der Waals surface area (Å²) in [6, 6.07) is 0.509. The van der Waals surface area contributed by atoms with Gasteiger partial charge in [-0.1, -0.05) is 0 Å². The quantitative estimate of drug-likeness (QED) is 0.913. The van der Waals surface area contributed by atoms with Crippen LogP contribution >= 0.6 is 0 Å². The van der Waals surface area contributed by atoms with Crippen molar-refractivity contribution < 1.29 is 13.2 Å². The third-order valence-corrected chi connectivity index (χ3v) is 4.95. The summed E-state index contributed by atoms with van der Waals surface area (Å²) in [7, 11) is 0. The van der Waals surface area contributed by atoms with Gasteiger partial charge in [-0.2, -0.15) is 17.7 Å². The molecule has 3 rings (SSSR count). The maximum atomic E-state index is 13.1. The number of fused-ring (bicyclic) bond motifs is 1. The molecule has 9 heteroatoms. The molecule has 2 aromatic rings. The first-order valence-electron chi connectivity index (χ1n) is 8.46. The van der Waals surface area contributed by atoms with Gasteiger partial charge in [0.25, 0.3) is 5.82 Å². The van der Waals surface area contributed by atoms with E-state index in [0.29, 0.717) is 29.9 Å². The first-order chi connectivity index (χ1) is 11.7. The van der Waals surface area contributed by atoms with Gasteiger partial charge in [0.15, 0.2) is 5.65 Å². The van der Waals surface area contributed by atoms with E-state index in [2.05, 4.69) is 39.4 Å². The van der Waals surface area contributed by atoms with Crippen LogP contribution in [-0.4, -0.2) is 50.4 Å². The van der Waals surface area contributed by atoms with Crippen LogP contribution in [0.15, 0.2) is 0 Å². The summed E-state index contributed by atoms with van der Waals surface area (Å²) in [5.41, 5.74) is 1.59. The van der Waals surface area contributed by atoms with Gasteiger partial charge in [0.1, 0.15) is 5.82 Å². The van der Waals surface area contributed by atoms with Gasteiger partial charge in [0.2, 0.25) is 0 Å². The van der Waals surface area contributed by atoms with Gasteiger partial charge in [0, 0.05) is 24.7 Å². The van der Waals surface area contributed by atoms with Crippen LogP contribution in [0.3, 0.4) is 0 Å². The summed E-state index contributed by atoms with van der Waals surface area (Å²) >= 11 is 0. The molecule has 3 heterocycles. The molecule has 6 nitrogen and oxygen atoms in total.